The Morgan fingerprint density at radius 3 is 2.66 bits per heavy atom. The van der Waals surface area contributed by atoms with Crippen molar-refractivity contribution < 1.29 is 24.2 Å². The van der Waals surface area contributed by atoms with Gasteiger partial charge in [0.05, 0.1) is 30.4 Å². The summed E-state index contributed by atoms with van der Waals surface area (Å²) in [6, 6.07) is 5.00. The number of thioether (sulfide) groups is 1. The minimum atomic E-state index is -1.19. The van der Waals surface area contributed by atoms with Gasteiger partial charge >= 0.3 is 5.97 Å². The number of carbonyl (C=O) groups is 2. The van der Waals surface area contributed by atoms with Crippen molar-refractivity contribution >= 4 is 50.9 Å². The Hall–Kier alpha value is -3.05. The van der Waals surface area contributed by atoms with Gasteiger partial charge in [-0.15, -0.1) is 11.3 Å². The number of ether oxygens (including phenoxy) is 2. The molecule has 0 aliphatic heterocycles. The van der Waals surface area contributed by atoms with Crippen molar-refractivity contribution in [2.24, 2.45) is 0 Å². The third-order valence-corrected chi connectivity index (χ3v) is 5.82. The number of benzene rings is 1. The smallest absolute Gasteiger partial charge is 0.337 e. The first-order valence-electron chi connectivity index (χ1n) is 8.28. The van der Waals surface area contributed by atoms with Crippen LogP contribution in [0.15, 0.2) is 33.5 Å². The molecule has 0 fully saturated rings. The molecule has 152 valence electrons. The summed E-state index contributed by atoms with van der Waals surface area (Å²) in [5.41, 5.74) is -0.112. The quantitative estimate of drug-likeness (QED) is 0.381. The molecule has 0 bridgehead atoms. The maximum absolute atomic E-state index is 12.5. The van der Waals surface area contributed by atoms with Crippen LogP contribution >= 0.6 is 23.1 Å². The molecule has 1 aromatic carbocycles. The highest BCUT2D eigenvalue weighted by Crippen LogP contribution is 2.30. The number of rotatable bonds is 7. The molecule has 0 aliphatic rings. The van der Waals surface area contributed by atoms with Gasteiger partial charge in [-0.05, 0) is 19.1 Å². The molecule has 0 saturated carbocycles. The molecule has 0 spiro atoms. The predicted octanol–water partition coefficient (Wildman–Crippen LogP) is 2.82. The van der Waals surface area contributed by atoms with Gasteiger partial charge in [-0.2, -0.15) is 0 Å². The highest BCUT2D eigenvalue weighted by atomic mass is 32.2. The molecular weight excluding hydrogens is 418 g/mol. The number of nitrogens with zero attached hydrogens (tertiary/aromatic N) is 1. The zero-order valence-electron chi connectivity index (χ0n) is 15.6. The molecule has 1 unspecified atom stereocenters. The Balaban J connectivity index is 1.76. The second kappa shape index (κ2) is 8.53. The number of thiophene rings is 1. The largest absolute Gasteiger partial charge is 0.493 e. The number of hydrogen-bond acceptors (Lipinski definition) is 8. The molecule has 0 saturated heterocycles. The number of H-pyrrole nitrogens is 1. The van der Waals surface area contributed by atoms with Crippen LogP contribution in [0.25, 0.3) is 10.2 Å². The van der Waals surface area contributed by atoms with Crippen LogP contribution in [0.5, 0.6) is 11.5 Å². The van der Waals surface area contributed by atoms with E-state index in [0.29, 0.717) is 22.0 Å². The third-order valence-electron chi connectivity index (χ3n) is 3.96. The first-order valence-corrected chi connectivity index (χ1v) is 10.0. The van der Waals surface area contributed by atoms with Gasteiger partial charge < -0.3 is 24.9 Å². The van der Waals surface area contributed by atoms with Crippen molar-refractivity contribution in [3.8, 4) is 11.5 Å². The summed E-state index contributed by atoms with van der Waals surface area (Å²) < 4.78 is 10.4. The van der Waals surface area contributed by atoms with Crippen LogP contribution in [0.2, 0.25) is 0 Å². The highest BCUT2D eigenvalue weighted by molar-refractivity contribution is 8.00. The lowest BCUT2D eigenvalue weighted by Crippen LogP contribution is -2.23. The monoisotopic (exact) mass is 435 g/mol. The van der Waals surface area contributed by atoms with Crippen molar-refractivity contribution in [2.45, 2.75) is 17.3 Å². The molecule has 1 amide bonds. The predicted molar refractivity (Wildman–Crippen MR) is 111 cm³/mol. The summed E-state index contributed by atoms with van der Waals surface area (Å²) in [6.07, 6.45) is 0. The number of hydrogen-bond donors (Lipinski definition) is 3. The minimum Gasteiger partial charge on any atom is -0.493 e. The summed E-state index contributed by atoms with van der Waals surface area (Å²) in [7, 11) is 3.02. The number of fused-ring (bicyclic) bond motifs is 1. The maximum Gasteiger partial charge on any atom is 0.337 e. The summed E-state index contributed by atoms with van der Waals surface area (Å²) >= 11 is 2.12. The van der Waals surface area contributed by atoms with E-state index in [9.17, 15) is 14.4 Å². The van der Waals surface area contributed by atoms with Crippen LogP contribution in [0, 0.1) is 0 Å². The number of methoxy groups -OCH3 is 2. The average Bonchev–Trinajstić information content (AvgIpc) is 3.12. The molecule has 3 N–H and O–H groups in total. The van der Waals surface area contributed by atoms with E-state index in [1.807, 2.05) is 0 Å². The molecule has 29 heavy (non-hydrogen) atoms. The summed E-state index contributed by atoms with van der Waals surface area (Å²) in [5, 5.41) is 13.0. The molecule has 9 nitrogen and oxygen atoms in total. The van der Waals surface area contributed by atoms with Crippen molar-refractivity contribution in [1.82, 2.24) is 9.97 Å². The van der Waals surface area contributed by atoms with Gasteiger partial charge in [0.25, 0.3) is 5.56 Å². The summed E-state index contributed by atoms with van der Waals surface area (Å²) in [6.45, 7) is 1.67. The van der Waals surface area contributed by atoms with Crippen molar-refractivity contribution in [1.29, 1.82) is 0 Å². The first-order chi connectivity index (χ1) is 13.8. The number of carboxylic acid groups (broad SMARTS) is 1. The van der Waals surface area contributed by atoms with Gasteiger partial charge in [0.2, 0.25) is 5.91 Å². The number of carbonyl (C=O) groups excluding carboxylic acids is 1. The van der Waals surface area contributed by atoms with Crippen molar-refractivity contribution in [3.05, 3.63) is 39.5 Å². The number of carboxylic acids is 1. The molecule has 0 radical (unpaired) electrons. The average molecular weight is 435 g/mol. The molecule has 3 aromatic rings. The summed E-state index contributed by atoms with van der Waals surface area (Å²) in [5.74, 6) is -0.470. The highest BCUT2D eigenvalue weighted by Gasteiger charge is 2.20. The van der Waals surface area contributed by atoms with Gasteiger partial charge in [0.15, 0.2) is 16.7 Å². The van der Waals surface area contributed by atoms with Crippen LogP contribution in [0.4, 0.5) is 5.69 Å². The standard InChI is InChI=1S/C18H17N3O6S2/c1-8(14(22)19-9-4-5-11(26-2)12(6-9)27-3)29-18-20-15(23)13-10(17(24)25)7-28-16(13)21-18/h4-8H,1-3H3,(H,19,22)(H,24,25)(H,20,21,23). The van der Waals surface area contributed by atoms with Crippen molar-refractivity contribution in [2.75, 3.05) is 19.5 Å². The number of nitrogens with one attached hydrogen (secondary N) is 2. The Morgan fingerprint density at radius 1 is 1.28 bits per heavy atom. The third kappa shape index (κ3) is 4.35. The van der Waals surface area contributed by atoms with Crippen LogP contribution in [0.1, 0.15) is 17.3 Å². The Bertz CT molecular complexity index is 1140. The molecule has 3 rings (SSSR count). The Kier molecular flexibility index (Phi) is 6.09. The van der Waals surface area contributed by atoms with Gasteiger partial charge in [-0.1, -0.05) is 11.8 Å². The lowest BCUT2D eigenvalue weighted by atomic mass is 10.2. The maximum atomic E-state index is 12.5. The van der Waals surface area contributed by atoms with E-state index in [1.54, 1.807) is 25.1 Å². The zero-order valence-corrected chi connectivity index (χ0v) is 17.3. The fourth-order valence-corrected chi connectivity index (χ4v) is 4.29. The normalized spacial score (nSPS) is 11.8. The topological polar surface area (TPSA) is 131 Å². The zero-order chi connectivity index (χ0) is 21.1. The molecule has 2 aromatic heterocycles. The number of anilines is 1. The SMILES string of the molecule is COc1ccc(NC(=O)C(C)Sc2nc3scc(C(=O)O)c3c(=O)[nH]2)cc1OC. The lowest BCUT2D eigenvalue weighted by molar-refractivity contribution is -0.115. The van der Waals surface area contributed by atoms with Crippen LogP contribution in [0.3, 0.4) is 0 Å². The first kappa shape index (κ1) is 20.7. The van der Waals surface area contributed by atoms with Crippen LogP contribution < -0.4 is 20.3 Å². The molecular formula is C18H17N3O6S2. The Labute approximate surface area is 173 Å². The fraction of sp³-hybridized carbons (Fsp3) is 0.222. The lowest BCUT2D eigenvalue weighted by Gasteiger charge is -2.13. The number of aromatic nitrogens is 2. The Morgan fingerprint density at radius 2 is 2.00 bits per heavy atom. The molecule has 2 heterocycles. The van der Waals surface area contributed by atoms with E-state index >= 15 is 0 Å². The van der Waals surface area contributed by atoms with Gasteiger partial charge in [-0.25, -0.2) is 9.78 Å². The number of amides is 1. The van der Waals surface area contributed by atoms with E-state index in [-0.39, 0.29) is 22.0 Å². The second-order valence-electron chi connectivity index (χ2n) is 5.82. The molecule has 0 aliphatic carbocycles. The fourth-order valence-electron chi connectivity index (χ4n) is 2.52. The van der Waals surface area contributed by atoms with E-state index in [4.69, 9.17) is 14.6 Å². The van der Waals surface area contributed by atoms with E-state index in [2.05, 4.69) is 15.3 Å². The van der Waals surface area contributed by atoms with Crippen LogP contribution in [-0.2, 0) is 4.79 Å². The number of aromatic carboxylic acids is 1. The minimum absolute atomic E-state index is 0.0364. The van der Waals surface area contributed by atoms with Crippen molar-refractivity contribution in [3.63, 3.8) is 0 Å². The second-order valence-corrected chi connectivity index (χ2v) is 8.01. The van der Waals surface area contributed by atoms with Gasteiger partial charge in [0.1, 0.15) is 4.83 Å². The molecule has 1 atom stereocenters. The van der Waals surface area contributed by atoms with Gasteiger partial charge in [-0.3, -0.25) is 9.59 Å². The van der Waals surface area contributed by atoms with E-state index in [0.717, 1.165) is 23.1 Å². The van der Waals surface area contributed by atoms with E-state index in [1.165, 1.54) is 19.6 Å². The van der Waals surface area contributed by atoms with Crippen LogP contribution in [-0.4, -0.2) is 46.4 Å². The van der Waals surface area contributed by atoms with Gasteiger partial charge in [0, 0.05) is 17.1 Å². The summed E-state index contributed by atoms with van der Waals surface area (Å²) in [4.78, 5) is 43.1. The molecule has 11 heteroatoms. The van der Waals surface area contributed by atoms with E-state index < -0.39 is 16.8 Å². The number of aromatic amines is 1.